The van der Waals surface area contributed by atoms with E-state index in [1.807, 2.05) is 0 Å². The van der Waals surface area contributed by atoms with Crippen LogP contribution in [-0.4, -0.2) is 11.9 Å². The number of hydrogen-bond acceptors (Lipinski definition) is 4. The first-order valence-corrected chi connectivity index (χ1v) is 5.57. The molecule has 0 unspecified atom stereocenters. The van der Waals surface area contributed by atoms with Crippen molar-refractivity contribution in [2.24, 2.45) is 0 Å². The summed E-state index contributed by atoms with van der Waals surface area (Å²) in [7, 11) is 0. The molecule has 4 nitrogen and oxygen atoms in total. The van der Waals surface area contributed by atoms with Crippen molar-refractivity contribution < 1.29 is 39.3 Å². The average molecular weight is 356 g/mol. The standard InChI is InChI=1S/C10H15.2C2H4O2.Rh/c1-6-7(2)9(4)10(5)8(6)3;2*1-2(3)4;/h1-5H3;2*1H3,(H,3,4);/q-1;;;+3/p-2. The third-order valence-corrected chi connectivity index (χ3v) is 2.81. The van der Waals surface area contributed by atoms with Crippen LogP contribution in [0.25, 0.3) is 0 Å². The molecule has 0 saturated heterocycles. The van der Waals surface area contributed by atoms with Gasteiger partial charge in [-0.05, 0) is 13.8 Å². The monoisotopic (exact) mass is 356 g/mol. The van der Waals surface area contributed by atoms with E-state index < -0.39 is 11.9 Å². The molecule has 0 aliphatic rings. The molecule has 0 aliphatic carbocycles. The van der Waals surface area contributed by atoms with Crippen molar-refractivity contribution >= 4 is 11.9 Å². The normalized spacial score (nSPS) is 8.16. The van der Waals surface area contributed by atoms with E-state index in [1.165, 1.54) is 27.8 Å². The molecule has 0 radical (unpaired) electrons. The molecule has 0 saturated carbocycles. The molecule has 0 aliphatic heterocycles. The quantitative estimate of drug-likeness (QED) is 0.500. The molecule has 0 heterocycles. The molecule has 1 aromatic rings. The maximum atomic E-state index is 8.89. The summed E-state index contributed by atoms with van der Waals surface area (Å²) in [4.78, 5) is 17.8. The average Bonchev–Trinajstić information content (AvgIpc) is 2.35. The van der Waals surface area contributed by atoms with E-state index >= 15 is 0 Å². The maximum Gasteiger partial charge on any atom is 3.00 e. The summed E-state index contributed by atoms with van der Waals surface area (Å²) in [5.74, 6) is -2.17. The largest absolute Gasteiger partial charge is 3.00 e. The van der Waals surface area contributed by atoms with Crippen molar-refractivity contribution in [1.29, 1.82) is 0 Å². The Morgan fingerprint density at radius 2 is 1.00 bits per heavy atom. The molecule has 0 fully saturated rings. The Kier molecular flexibility index (Phi) is 13.1. The number of carboxylic acids is 2. The molecule has 19 heavy (non-hydrogen) atoms. The van der Waals surface area contributed by atoms with Crippen LogP contribution in [0.5, 0.6) is 0 Å². The van der Waals surface area contributed by atoms with E-state index in [0.29, 0.717) is 0 Å². The minimum Gasteiger partial charge on any atom is -0.550 e. The number of hydrogen-bond donors (Lipinski definition) is 0. The molecule has 5 heteroatoms. The van der Waals surface area contributed by atoms with Gasteiger partial charge in [0.2, 0.25) is 0 Å². The Bertz CT molecular complexity index is 319. The third kappa shape index (κ3) is 10.5. The van der Waals surface area contributed by atoms with Crippen LogP contribution in [0.4, 0.5) is 0 Å². The van der Waals surface area contributed by atoms with Gasteiger partial charge in [0, 0.05) is 11.9 Å². The van der Waals surface area contributed by atoms with Crippen LogP contribution in [-0.2, 0) is 29.1 Å². The van der Waals surface area contributed by atoms with Gasteiger partial charge in [-0.3, -0.25) is 0 Å². The summed E-state index contributed by atoms with van der Waals surface area (Å²) in [6, 6.07) is 0. The van der Waals surface area contributed by atoms with Crippen molar-refractivity contribution in [2.45, 2.75) is 48.5 Å². The molecule has 1 rings (SSSR count). The smallest absolute Gasteiger partial charge is 0.550 e. The maximum absolute atomic E-state index is 8.89. The molecule has 0 bridgehead atoms. The molecular weight excluding hydrogens is 335 g/mol. The Morgan fingerprint density at radius 3 is 1.05 bits per heavy atom. The van der Waals surface area contributed by atoms with Crippen LogP contribution in [0.2, 0.25) is 0 Å². The minimum atomic E-state index is -1.08. The van der Waals surface area contributed by atoms with Crippen molar-refractivity contribution in [3.63, 3.8) is 0 Å². The fraction of sp³-hybridized carbons (Fsp3) is 0.500. The van der Waals surface area contributed by atoms with Gasteiger partial charge in [0.25, 0.3) is 0 Å². The Balaban J connectivity index is -0.000000242. The number of rotatable bonds is 0. The third-order valence-electron chi connectivity index (χ3n) is 2.81. The van der Waals surface area contributed by atoms with Crippen molar-refractivity contribution in [3.8, 4) is 0 Å². The summed E-state index contributed by atoms with van der Waals surface area (Å²) in [5.41, 5.74) is 7.34. The van der Waals surface area contributed by atoms with Crippen LogP contribution in [0.15, 0.2) is 0 Å². The molecular formula is C14H21O4Rh. The zero-order chi connectivity index (χ0) is 15.0. The summed E-state index contributed by atoms with van der Waals surface area (Å²) < 4.78 is 0. The molecule has 0 atom stereocenters. The minimum absolute atomic E-state index is 0. The molecule has 0 amide bonds. The van der Waals surface area contributed by atoms with Crippen LogP contribution in [0.1, 0.15) is 41.7 Å². The summed E-state index contributed by atoms with van der Waals surface area (Å²) in [6.45, 7) is 12.9. The number of carbonyl (C=O) groups is 2. The fourth-order valence-electron chi connectivity index (χ4n) is 1.41. The van der Waals surface area contributed by atoms with Crippen molar-refractivity contribution in [2.75, 3.05) is 0 Å². The van der Waals surface area contributed by atoms with Gasteiger partial charge in [0.15, 0.2) is 0 Å². The van der Waals surface area contributed by atoms with Gasteiger partial charge in [-0.25, -0.2) is 0 Å². The zero-order valence-corrected chi connectivity index (χ0v) is 14.1. The van der Waals surface area contributed by atoms with Crippen molar-refractivity contribution in [1.82, 2.24) is 0 Å². The number of aliphatic carboxylic acids is 2. The first kappa shape index (κ1) is 23.0. The summed E-state index contributed by atoms with van der Waals surface area (Å²) in [6.07, 6.45) is 0. The van der Waals surface area contributed by atoms with Crippen LogP contribution >= 0.6 is 0 Å². The molecule has 1 aromatic carbocycles. The van der Waals surface area contributed by atoms with E-state index in [9.17, 15) is 0 Å². The van der Waals surface area contributed by atoms with Gasteiger partial charge >= 0.3 is 19.5 Å². The molecule has 0 N–H and O–H groups in total. The molecule has 0 spiro atoms. The van der Waals surface area contributed by atoms with Gasteiger partial charge in [0.1, 0.15) is 0 Å². The van der Waals surface area contributed by atoms with E-state index in [0.717, 1.165) is 13.8 Å². The zero-order valence-electron chi connectivity index (χ0n) is 12.5. The second-order valence-electron chi connectivity index (χ2n) is 4.11. The Labute approximate surface area is 128 Å². The summed E-state index contributed by atoms with van der Waals surface area (Å²) in [5, 5.41) is 17.8. The number of carboxylic acid groups (broad SMARTS) is 2. The topological polar surface area (TPSA) is 80.3 Å². The summed E-state index contributed by atoms with van der Waals surface area (Å²) >= 11 is 0. The second kappa shape index (κ2) is 10.8. The molecule has 0 aromatic heterocycles. The van der Waals surface area contributed by atoms with Crippen LogP contribution in [0, 0.1) is 34.6 Å². The van der Waals surface area contributed by atoms with Gasteiger partial charge < -0.3 is 19.8 Å². The Morgan fingerprint density at radius 1 is 0.842 bits per heavy atom. The first-order valence-electron chi connectivity index (χ1n) is 5.57. The second-order valence-corrected chi connectivity index (χ2v) is 4.11. The SMILES string of the molecule is CC(=O)[O-].CC(=O)[O-].Cc1c(C)c(C)[c-](C)c1C.[Rh+3]. The van der Waals surface area contributed by atoms with Crippen LogP contribution in [0.3, 0.4) is 0 Å². The van der Waals surface area contributed by atoms with Gasteiger partial charge in [-0.15, -0.1) is 0 Å². The fourth-order valence-corrected chi connectivity index (χ4v) is 1.41. The van der Waals surface area contributed by atoms with E-state index in [1.54, 1.807) is 0 Å². The van der Waals surface area contributed by atoms with Crippen LogP contribution < -0.4 is 10.2 Å². The predicted octanol–water partition coefficient (Wildman–Crippen LogP) is 0.458. The van der Waals surface area contributed by atoms with Gasteiger partial charge in [-0.2, -0.15) is 27.8 Å². The number of carbonyl (C=O) groups excluding carboxylic acids is 2. The van der Waals surface area contributed by atoms with E-state index in [4.69, 9.17) is 19.8 Å². The van der Waals surface area contributed by atoms with Gasteiger partial charge in [0.05, 0.1) is 0 Å². The Hall–Kier alpha value is -1.09. The van der Waals surface area contributed by atoms with E-state index in [2.05, 4.69) is 34.6 Å². The first-order chi connectivity index (χ1) is 8.02. The van der Waals surface area contributed by atoms with E-state index in [-0.39, 0.29) is 19.5 Å². The van der Waals surface area contributed by atoms with Gasteiger partial charge in [-0.1, -0.05) is 34.6 Å². The predicted molar refractivity (Wildman–Crippen MR) is 67.1 cm³/mol. The van der Waals surface area contributed by atoms with Crippen molar-refractivity contribution in [3.05, 3.63) is 27.8 Å². The molecule has 110 valence electrons.